The molecule has 2 aromatic rings. The normalized spacial score (nSPS) is 15.5. The van der Waals surface area contributed by atoms with Gasteiger partial charge in [0.2, 0.25) is 0 Å². The average Bonchev–Trinajstić information content (AvgIpc) is 2.60. The van der Waals surface area contributed by atoms with Gasteiger partial charge in [-0.3, -0.25) is 9.78 Å². The number of hydrogen-bond donors (Lipinski definition) is 1. The van der Waals surface area contributed by atoms with E-state index in [4.69, 9.17) is 16.3 Å². The fourth-order valence-corrected chi connectivity index (χ4v) is 3.29. The Morgan fingerprint density at radius 1 is 1.26 bits per heavy atom. The van der Waals surface area contributed by atoms with Crippen LogP contribution in [0.1, 0.15) is 32.1 Å². The molecule has 122 valence electrons. The van der Waals surface area contributed by atoms with Crippen LogP contribution in [0.25, 0.3) is 10.9 Å². The van der Waals surface area contributed by atoms with E-state index in [9.17, 15) is 4.79 Å². The summed E-state index contributed by atoms with van der Waals surface area (Å²) in [6, 6.07) is 7.24. The molecule has 1 saturated carbocycles. The average molecular weight is 333 g/mol. The molecule has 0 spiro atoms. The predicted octanol–water partition coefficient (Wildman–Crippen LogP) is 3.96. The van der Waals surface area contributed by atoms with Gasteiger partial charge in [-0.05, 0) is 43.0 Å². The lowest BCUT2D eigenvalue weighted by Gasteiger charge is -2.21. The second kappa shape index (κ2) is 7.64. The number of nitrogens with zero attached hydrogens (tertiary/aromatic N) is 1. The molecule has 5 heteroatoms. The number of hydrogen-bond acceptors (Lipinski definition) is 3. The molecule has 1 amide bonds. The second-order valence-corrected chi connectivity index (χ2v) is 6.45. The fraction of sp³-hybridized carbons (Fsp3) is 0.444. The molecule has 1 aliphatic carbocycles. The molecule has 0 radical (unpaired) electrons. The summed E-state index contributed by atoms with van der Waals surface area (Å²) in [5.74, 6) is 1.11. The van der Waals surface area contributed by atoms with Crippen molar-refractivity contribution in [1.82, 2.24) is 10.3 Å². The zero-order valence-electron chi connectivity index (χ0n) is 13.1. The summed E-state index contributed by atoms with van der Waals surface area (Å²) in [6.07, 6.45) is 8.00. The molecule has 0 saturated heterocycles. The van der Waals surface area contributed by atoms with Crippen LogP contribution in [0.2, 0.25) is 5.02 Å². The van der Waals surface area contributed by atoms with Gasteiger partial charge in [0.1, 0.15) is 11.3 Å². The minimum Gasteiger partial charge on any atom is -0.481 e. The lowest BCUT2D eigenvalue weighted by molar-refractivity contribution is -0.123. The lowest BCUT2D eigenvalue weighted by atomic mass is 9.89. The van der Waals surface area contributed by atoms with E-state index in [2.05, 4.69) is 10.3 Å². The predicted molar refractivity (Wildman–Crippen MR) is 91.8 cm³/mol. The summed E-state index contributed by atoms with van der Waals surface area (Å²) in [7, 11) is 0. The Kier molecular flexibility index (Phi) is 5.34. The van der Waals surface area contributed by atoms with Crippen molar-refractivity contribution in [2.45, 2.75) is 32.1 Å². The topological polar surface area (TPSA) is 51.2 Å². The highest BCUT2D eigenvalue weighted by Crippen LogP contribution is 2.29. The Bertz CT molecular complexity index is 684. The van der Waals surface area contributed by atoms with Crippen LogP contribution in [0.3, 0.4) is 0 Å². The maximum absolute atomic E-state index is 12.0. The van der Waals surface area contributed by atoms with Gasteiger partial charge in [0, 0.05) is 18.1 Å². The van der Waals surface area contributed by atoms with Crippen LogP contribution in [0, 0.1) is 5.92 Å². The van der Waals surface area contributed by atoms with Gasteiger partial charge in [0.25, 0.3) is 5.91 Å². The van der Waals surface area contributed by atoms with Crippen molar-refractivity contribution in [2.75, 3.05) is 13.2 Å². The SMILES string of the molecule is O=C(COc1ccc(Cl)c2cccnc12)NCC1CCCCC1. The summed E-state index contributed by atoms with van der Waals surface area (Å²) >= 11 is 6.15. The Balaban J connectivity index is 1.55. The molecule has 0 bridgehead atoms. The third-order valence-electron chi connectivity index (χ3n) is 4.35. The van der Waals surface area contributed by atoms with Crippen molar-refractivity contribution in [1.29, 1.82) is 0 Å². The van der Waals surface area contributed by atoms with E-state index in [1.165, 1.54) is 32.1 Å². The first kappa shape index (κ1) is 16.1. The van der Waals surface area contributed by atoms with Crippen LogP contribution in [0.4, 0.5) is 0 Å². The Hall–Kier alpha value is -1.81. The number of pyridine rings is 1. The number of carbonyl (C=O) groups excluding carboxylic acids is 1. The van der Waals surface area contributed by atoms with Gasteiger partial charge in [-0.25, -0.2) is 0 Å². The van der Waals surface area contributed by atoms with Gasteiger partial charge < -0.3 is 10.1 Å². The number of ether oxygens (including phenoxy) is 1. The zero-order valence-corrected chi connectivity index (χ0v) is 13.8. The number of aromatic nitrogens is 1. The molecule has 0 atom stereocenters. The number of carbonyl (C=O) groups is 1. The van der Waals surface area contributed by atoms with Crippen LogP contribution in [-0.2, 0) is 4.79 Å². The second-order valence-electron chi connectivity index (χ2n) is 6.04. The van der Waals surface area contributed by atoms with E-state index >= 15 is 0 Å². The molecule has 1 aliphatic rings. The first-order chi connectivity index (χ1) is 11.2. The highest BCUT2D eigenvalue weighted by molar-refractivity contribution is 6.35. The third-order valence-corrected chi connectivity index (χ3v) is 4.68. The van der Waals surface area contributed by atoms with Gasteiger partial charge >= 0.3 is 0 Å². The Morgan fingerprint density at radius 2 is 2.09 bits per heavy atom. The van der Waals surface area contributed by atoms with Gasteiger partial charge in [-0.1, -0.05) is 30.9 Å². The number of rotatable bonds is 5. The van der Waals surface area contributed by atoms with Crippen molar-refractivity contribution < 1.29 is 9.53 Å². The van der Waals surface area contributed by atoms with Gasteiger partial charge in [0.05, 0.1) is 5.02 Å². The summed E-state index contributed by atoms with van der Waals surface area (Å²) in [5.41, 5.74) is 0.681. The standard InChI is InChI=1S/C18H21ClN2O2/c19-15-8-9-16(18-14(15)7-4-10-20-18)23-12-17(22)21-11-13-5-2-1-3-6-13/h4,7-10,13H,1-3,5-6,11-12H2,(H,21,22). The number of halogens is 1. The molecule has 4 nitrogen and oxygen atoms in total. The van der Waals surface area contributed by atoms with E-state index in [1.54, 1.807) is 18.3 Å². The number of nitrogens with one attached hydrogen (secondary N) is 1. The lowest BCUT2D eigenvalue weighted by Crippen LogP contribution is -2.33. The van der Waals surface area contributed by atoms with Crippen LogP contribution in [-0.4, -0.2) is 24.0 Å². The molecule has 1 fully saturated rings. The summed E-state index contributed by atoms with van der Waals surface area (Å²) < 4.78 is 5.64. The van der Waals surface area contributed by atoms with Crippen LogP contribution in [0.5, 0.6) is 5.75 Å². The van der Waals surface area contributed by atoms with E-state index in [0.717, 1.165) is 11.9 Å². The van der Waals surface area contributed by atoms with E-state index in [-0.39, 0.29) is 12.5 Å². The molecule has 1 heterocycles. The monoisotopic (exact) mass is 332 g/mol. The number of fused-ring (bicyclic) bond motifs is 1. The van der Waals surface area contributed by atoms with Crippen molar-refractivity contribution in [3.05, 3.63) is 35.5 Å². The minimum atomic E-state index is -0.0883. The largest absolute Gasteiger partial charge is 0.481 e. The molecule has 1 N–H and O–H groups in total. The van der Waals surface area contributed by atoms with Crippen molar-refractivity contribution in [3.63, 3.8) is 0 Å². The smallest absolute Gasteiger partial charge is 0.257 e. The molecule has 0 unspecified atom stereocenters. The highest BCUT2D eigenvalue weighted by Gasteiger charge is 2.15. The van der Waals surface area contributed by atoms with E-state index < -0.39 is 0 Å². The summed E-state index contributed by atoms with van der Waals surface area (Å²) in [6.45, 7) is 0.752. The van der Waals surface area contributed by atoms with Crippen LogP contribution < -0.4 is 10.1 Å². The minimum absolute atomic E-state index is 0.0000265. The van der Waals surface area contributed by atoms with Crippen LogP contribution in [0.15, 0.2) is 30.5 Å². The number of amides is 1. The van der Waals surface area contributed by atoms with Crippen molar-refractivity contribution in [3.8, 4) is 5.75 Å². The Labute approximate surface area is 141 Å². The molecule has 3 rings (SSSR count). The molecular formula is C18H21ClN2O2. The number of benzene rings is 1. The summed E-state index contributed by atoms with van der Waals surface area (Å²) in [5, 5.41) is 4.43. The summed E-state index contributed by atoms with van der Waals surface area (Å²) in [4.78, 5) is 16.3. The first-order valence-corrected chi connectivity index (χ1v) is 8.54. The quantitative estimate of drug-likeness (QED) is 0.901. The van der Waals surface area contributed by atoms with Crippen molar-refractivity contribution in [2.24, 2.45) is 5.92 Å². The van der Waals surface area contributed by atoms with Gasteiger partial charge in [0.15, 0.2) is 6.61 Å². The Morgan fingerprint density at radius 3 is 2.91 bits per heavy atom. The maximum atomic E-state index is 12.0. The maximum Gasteiger partial charge on any atom is 0.257 e. The molecule has 1 aromatic carbocycles. The van der Waals surface area contributed by atoms with Crippen LogP contribution >= 0.6 is 11.6 Å². The highest BCUT2D eigenvalue weighted by atomic mass is 35.5. The molecular weight excluding hydrogens is 312 g/mol. The first-order valence-electron chi connectivity index (χ1n) is 8.17. The van der Waals surface area contributed by atoms with E-state index in [1.807, 2.05) is 12.1 Å². The molecule has 1 aromatic heterocycles. The molecule has 0 aliphatic heterocycles. The fourth-order valence-electron chi connectivity index (χ4n) is 3.07. The molecule has 23 heavy (non-hydrogen) atoms. The van der Waals surface area contributed by atoms with Crippen molar-refractivity contribution >= 4 is 28.4 Å². The zero-order chi connectivity index (χ0) is 16.1. The van der Waals surface area contributed by atoms with E-state index in [0.29, 0.717) is 22.2 Å². The van der Waals surface area contributed by atoms with Gasteiger partial charge in [-0.2, -0.15) is 0 Å². The third kappa shape index (κ3) is 4.14. The van der Waals surface area contributed by atoms with Gasteiger partial charge in [-0.15, -0.1) is 0 Å².